The zero-order chi connectivity index (χ0) is 21.5. The van der Waals surface area contributed by atoms with Crippen molar-refractivity contribution in [1.29, 1.82) is 0 Å². The van der Waals surface area contributed by atoms with Gasteiger partial charge in [-0.05, 0) is 12.1 Å². The molecule has 0 saturated heterocycles. The van der Waals surface area contributed by atoms with E-state index >= 15 is 0 Å². The van der Waals surface area contributed by atoms with Gasteiger partial charge in [0.05, 0.1) is 14.2 Å². The van der Waals surface area contributed by atoms with Crippen LogP contribution in [0.15, 0.2) is 48.5 Å². The zero-order valence-electron chi connectivity index (χ0n) is 17.7. The average Bonchev–Trinajstić information content (AvgIpc) is 3.18. The fourth-order valence-corrected chi connectivity index (χ4v) is 2.95. The number of para-hydroxylation sites is 2. The van der Waals surface area contributed by atoms with E-state index in [1.165, 1.54) is 4.68 Å². The first-order valence-electron chi connectivity index (χ1n) is 9.76. The number of rotatable bonds is 9. The number of methoxy groups -OCH3 is 2. The Labute approximate surface area is 176 Å². The third-order valence-corrected chi connectivity index (χ3v) is 4.57. The number of ether oxygens (including phenoxy) is 2. The van der Waals surface area contributed by atoms with Crippen molar-refractivity contribution in [2.75, 3.05) is 24.9 Å². The molecule has 0 unspecified atom stereocenters. The molecule has 8 heteroatoms. The molecule has 0 aliphatic rings. The van der Waals surface area contributed by atoms with Crippen LogP contribution in [0.4, 0.5) is 11.9 Å². The minimum Gasteiger partial charge on any atom is -0.496 e. The lowest BCUT2D eigenvalue weighted by Crippen LogP contribution is -2.21. The second-order valence-corrected chi connectivity index (χ2v) is 6.99. The van der Waals surface area contributed by atoms with Crippen molar-refractivity contribution < 1.29 is 14.3 Å². The highest BCUT2D eigenvalue weighted by Crippen LogP contribution is 2.21. The number of hydrogen-bond donors (Lipinski definition) is 2. The lowest BCUT2D eigenvalue weighted by atomic mass is 10.2. The van der Waals surface area contributed by atoms with E-state index < -0.39 is 0 Å². The Hall–Kier alpha value is -3.55. The molecule has 1 aromatic heterocycles. The molecule has 1 heterocycles. The summed E-state index contributed by atoms with van der Waals surface area (Å²) in [5, 5.41) is 10.7. The number of aromatic nitrogens is 3. The van der Waals surface area contributed by atoms with E-state index in [1.807, 2.05) is 62.4 Å². The molecule has 8 nitrogen and oxygen atoms in total. The van der Waals surface area contributed by atoms with Crippen LogP contribution in [-0.4, -0.2) is 34.9 Å². The smallest absolute Gasteiger partial charge is 0.252 e. The molecule has 0 fully saturated rings. The van der Waals surface area contributed by atoms with E-state index in [9.17, 15) is 4.79 Å². The Morgan fingerprint density at radius 2 is 1.47 bits per heavy atom. The highest BCUT2D eigenvalue weighted by atomic mass is 16.5. The maximum atomic E-state index is 12.6. The van der Waals surface area contributed by atoms with E-state index in [1.54, 1.807) is 14.2 Å². The van der Waals surface area contributed by atoms with Crippen molar-refractivity contribution >= 4 is 17.8 Å². The quantitative estimate of drug-likeness (QED) is 0.555. The molecule has 0 bridgehead atoms. The van der Waals surface area contributed by atoms with Gasteiger partial charge in [-0.3, -0.25) is 4.79 Å². The Morgan fingerprint density at radius 1 is 0.933 bits per heavy atom. The summed E-state index contributed by atoms with van der Waals surface area (Å²) in [7, 11) is 3.26. The van der Waals surface area contributed by atoms with Crippen molar-refractivity contribution in [2.24, 2.45) is 5.92 Å². The van der Waals surface area contributed by atoms with Crippen LogP contribution in [0, 0.1) is 5.92 Å². The topological polar surface area (TPSA) is 90.3 Å². The number of hydrogen-bond acceptors (Lipinski definition) is 7. The van der Waals surface area contributed by atoms with Crippen LogP contribution < -0.4 is 20.1 Å². The second-order valence-electron chi connectivity index (χ2n) is 6.99. The summed E-state index contributed by atoms with van der Waals surface area (Å²) >= 11 is 0. The third-order valence-electron chi connectivity index (χ3n) is 4.57. The second kappa shape index (κ2) is 9.78. The third kappa shape index (κ3) is 4.89. The van der Waals surface area contributed by atoms with E-state index in [0.717, 1.165) is 22.6 Å². The van der Waals surface area contributed by atoms with Gasteiger partial charge >= 0.3 is 0 Å². The Balaban J connectivity index is 1.79. The lowest BCUT2D eigenvalue weighted by molar-refractivity contribution is 0.0841. The van der Waals surface area contributed by atoms with E-state index in [-0.39, 0.29) is 11.8 Å². The summed E-state index contributed by atoms with van der Waals surface area (Å²) in [6.07, 6.45) is 0. The molecule has 0 amide bonds. The van der Waals surface area contributed by atoms with Gasteiger partial charge < -0.3 is 20.1 Å². The molecule has 0 atom stereocenters. The van der Waals surface area contributed by atoms with Crippen molar-refractivity contribution in [1.82, 2.24) is 14.8 Å². The largest absolute Gasteiger partial charge is 0.496 e. The summed E-state index contributed by atoms with van der Waals surface area (Å²) in [4.78, 5) is 17.1. The van der Waals surface area contributed by atoms with Crippen LogP contribution in [0.3, 0.4) is 0 Å². The minimum absolute atomic E-state index is 0.143. The molecule has 2 N–H and O–H groups in total. The Kier molecular flexibility index (Phi) is 6.90. The van der Waals surface area contributed by atoms with Crippen LogP contribution in [-0.2, 0) is 13.1 Å². The van der Waals surface area contributed by atoms with Crippen molar-refractivity contribution in [3.8, 4) is 11.5 Å². The fraction of sp³-hybridized carbons (Fsp3) is 0.318. The van der Waals surface area contributed by atoms with Crippen molar-refractivity contribution in [2.45, 2.75) is 26.9 Å². The molecule has 30 heavy (non-hydrogen) atoms. The van der Waals surface area contributed by atoms with Crippen LogP contribution in [0.2, 0.25) is 0 Å². The Bertz CT molecular complexity index is 1000. The van der Waals surface area contributed by atoms with Gasteiger partial charge in [0.1, 0.15) is 11.5 Å². The van der Waals surface area contributed by atoms with Gasteiger partial charge in [0, 0.05) is 30.1 Å². The molecule has 2 aromatic carbocycles. The van der Waals surface area contributed by atoms with E-state index in [0.29, 0.717) is 25.0 Å². The first-order valence-corrected chi connectivity index (χ1v) is 9.76. The molecule has 158 valence electrons. The van der Waals surface area contributed by atoms with Crippen LogP contribution in [0.5, 0.6) is 11.5 Å². The molecular weight excluding hydrogens is 382 g/mol. The first-order chi connectivity index (χ1) is 14.5. The van der Waals surface area contributed by atoms with Gasteiger partial charge in [-0.15, -0.1) is 5.10 Å². The fourth-order valence-electron chi connectivity index (χ4n) is 2.95. The number of nitrogens with zero attached hydrogens (tertiary/aromatic N) is 3. The monoisotopic (exact) mass is 409 g/mol. The van der Waals surface area contributed by atoms with E-state index in [2.05, 4.69) is 20.7 Å². The number of nitrogens with one attached hydrogen (secondary N) is 2. The highest BCUT2D eigenvalue weighted by Gasteiger charge is 2.19. The summed E-state index contributed by atoms with van der Waals surface area (Å²) in [5.74, 6) is 1.91. The maximum Gasteiger partial charge on any atom is 0.252 e. The molecule has 0 radical (unpaired) electrons. The summed E-state index contributed by atoms with van der Waals surface area (Å²) in [6.45, 7) is 4.57. The predicted molar refractivity (Wildman–Crippen MR) is 116 cm³/mol. The standard InChI is InChI=1S/C22H27N5O3/c1-15(2)20(28)27-22(24-14-17-10-6-8-12-19(17)30-4)25-21(26-27)23-13-16-9-5-7-11-18(16)29-3/h5-12,15H,13-14H2,1-4H3,(H2,23,24,25,26). The zero-order valence-corrected chi connectivity index (χ0v) is 17.7. The number of anilines is 2. The van der Waals surface area contributed by atoms with Gasteiger partial charge in [0.25, 0.3) is 5.91 Å². The predicted octanol–water partition coefficient (Wildman–Crippen LogP) is 3.82. The van der Waals surface area contributed by atoms with Gasteiger partial charge in [0.15, 0.2) is 0 Å². The van der Waals surface area contributed by atoms with Gasteiger partial charge in [0.2, 0.25) is 11.9 Å². The van der Waals surface area contributed by atoms with Crippen LogP contribution >= 0.6 is 0 Å². The van der Waals surface area contributed by atoms with Gasteiger partial charge in [-0.2, -0.15) is 9.67 Å². The molecule has 3 aromatic rings. The SMILES string of the molecule is COc1ccccc1CNc1nc(NCc2ccccc2OC)n(C(=O)C(C)C)n1. The van der Waals surface area contributed by atoms with Crippen molar-refractivity contribution in [3.63, 3.8) is 0 Å². The maximum absolute atomic E-state index is 12.6. The van der Waals surface area contributed by atoms with E-state index in [4.69, 9.17) is 9.47 Å². The summed E-state index contributed by atoms with van der Waals surface area (Å²) in [6, 6.07) is 15.4. The molecule has 0 spiro atoms. The lowest BCUT2D eigenvalue weighted by Gasteiger charge is -2.11. The average molecular weight is 409 g/mol. The molecule has 0 aliphatic heterocycles. The summed E-state index contributed by atoms with van der Waals surface area (Å²) < 4.78 is 12.1. The molecular formula is C22H27N5O3. The molecule has 0 aliphatic carbocycles. The number of benzene rings is 2. The molecule has 3 rings (SSSR count). The van der Waals surface area contributed by atoms with Crippen molar-refractivity contribution in [3.05, 3.63) is 59.7 Å². The normalized spacial score (nSPS) is 10.7. The summed E-state index contributed by atoms with van der Waals surface area (Å²) in [5.41, 5.74) is 1.92. The van der Waals surface area contributed by atoms with Crippen LogP contribution in [0.1, 0.15) is 29.8 Å². The first kappa shape index (κ1) is 21.2. The minimum atomic E-state index is -0.222. The molecule has 0 saturated carbocycles. The number of carbonyl (C=O) groups is 1. The van der Waals surface area contributed by atoms with Gasteiger partial charge in [-0.25, -0.2) is 0 Å². The highest BCUT2D eigenvalue weighted by molar-refractivity contribution is 5.82. The van der Waals surface area contributed by atoms with Gasteiger partial charge in [-0.1, -0.05) is 50.2 Å². The number of carbonyl (C=O) groups excluding carboxylic acids is 1. The van der Waals surface area contributed by atoms with Crippen LogP contribution in [0.25, 0.3) is 0 Å². The Morgan fingerprint density at radius 3 is 2.00 bits per heavy atom.